The number of methoxy groups -OCH3 is 1. The summed E-state index contributed by atoms with van der Waals surface area (Å²) < 4.78 is 7.61. The number of carbonyl (C=O) groups is 2. The fourth-order valence-electron chi connectivity index (χ4n) is 4.49. The van der Waals surface area contributed by atoms with Gasteiger partial charge in [0.1, 0.15) is 0 Å². The number of rotatable bonds is 12. The number of thiophene rings is 1. The number of ketones is 1. The molecule has 0 aliphatic rings. The number of amides is 1. The Labute approximate surface area is 219 Å². The molecule has 37 heavy (non-hydrogen) atoms. The lowest BCUT2D eigenvalue weighted by Crippen LogP contribution is -2.36. The van der Waals surface area contributed by atoms with E-state index >= 15 is 0 Å². The third-order valence-electron chi connectivity index (χ3n) is 6.37. The van der Waals surface area contributed by atoms with E-state index in [0.717, 1.165) is 11.9 Å². The van der Waals surface area contributed by atoms with E-state index in [1.54, 1.807) is 24.3 Å². The van der Waals surface area contributed by atoms with E-state index in [-0.39, 0.29) is 37.0 Å². The summed E-state index contributed by atoms with van der Waals surface area (Å²) in [5.74, 6) is -0.444. The van der Waals surface area contributed by atoms with E-state index in [1.807, 2.05) is 42.2 Å². The van der Waals surface area contributed by atoms with E-state index in [9.17, 15) is 19.5 Å². The Morgan fingerprint density at radius 1 is 1.08 bits per heavy atom. The second-order valence-corrected chi connectivity index (χ2v) is 9.68. The van der Waals surface area contributed by atoms with Crippen molar-refractivity contribution in [3.05, 3.63) is 81.0 Å². The van der Waals surface area contributed by atoms with Gasteiger partial charge >= 0.3 is 0 Å². The summed E-state index contributed by atoms with van der Waals surface area (Å²) in [6, 6.07) is 16.3. The Hall–Kier alpha value is -3.37. The molecule has 0 fully saturated rings. The summed E-state index contributed by atoms with van der Waals surface area (Å²) in [4.78, 5) is 42.6. The highest BCUT2D eigenvalue weighted by Crippen LogP contribution is 2.35. The number of carbonyl (C=O) groups excluding carboxylic acids is 2. The molecule has 0 aliphatic heterocycles. The van der Waals surface area contributed by atoms with E-state index < -0.39 is 0 Å². The van der Waals surface area contributed by atoms with E-state index in [1.165, 1.54) is 23.0 Å². The zero-order chi connectivity index (χ0) is 26.4. The minimum Gasteiger partial charge on any atom is -0.395 e. The minimum absolute atomic E-state index is 0.0578. The molecule has 0 aliphatic carbocycles. The summed E-state index contributed by atoms with van der Waals surface area (Å²) in [6.45, 7) is 4.35. The largest absolute Gasteiger partial charge is 0.395 e. The number of hydrogen-bond acceptors (Lipinski definition) is 7. The summed E-state index contributed by atoms with van der Waals surface area (Å²) in [6.07, 6.45) is 0. The molecule has 4 aromatic rings. The molecule has 2 heterocycles. The molecule has 1 amide bonds. The van der Waals surface area contributed by atoms with Crippen molar-refractivity contribution in [2.24, 2.45) is 0 Å². The number of benzene rings is 2. The molecule has 2 aromatic carbocycles. The Balaban J connectivity index is 1.77. The van der Waals surface area contributed by atoms with Crippen molar-refractivity contribution < 1.29 is 19.4 Å². The molecule has 0 atom stereocenters. The maximum atomic E-state index is 13.9. The van der Waals surface area contributed by atoms with Gasteiger partial charge in [-0.3, -0.25) is 23.9 Å². The molecule has 0 unspecified atom stereocenters. The topological polar surface area (TPSA) is 101 Å². The third-order valence-corrected chi connectivity index (χ3v) is 7.64. The molecular formula is C28H31N3O5S. The van der Waals surface area contributed by atoms with Gasteiger partial charge in [-0.05, 0) is 12.6 Å². The number of aliphatic hydroxyl groups is 1. The highest BCUT2D eigenvalue weighted by atomic mass is 32.1. The zero-order valence-electron chi connectivity index (χ0n) is 21.0. The van der Waals surface area contributed by atoms with E-state index in [4.69, 9.17) is 4.74 Å². The second kappa shape index (κ2) is 12.2. The smallest absolute Gasteiger partial charge is 0.261 e. The van der Waals surface area contributed by atoms with Gasteiger partial charge in [-0.25, -0.2) is 0 Å². The van der Waals surface area contributed by atoms with Crippen LogP contribution in [0.1, 0.15) is 32.5 Å². The van der Waals surface area contributed by atoms with Gasteiger partial charge in [-0.1, -0.05) is 55.5 Å². The second-order valence-electron chi connectivity index (χ2n) is 8.66. The van der Waals surface area contributed by atoms with Crippen molar-refractivity contribution in [1.29, 1.82) is 0 Å². The van der Waals surface area contributed by atoms with Crippen LogP contribution in [0.4, 0.5) is 0 Å². The van der Waals surface area contributed by atoms with Gasteiger partial charge in [-0.15, -0.1) is 11.3 Å². The maximum Gasteiger partial charge on any atom is 0.261 e. The Morgan fingerprint density at radius 2 is 1.81 bits per heavy atom. The quantitative estimate of drug-likeness (QED) is 0.278. The fraction of sp³-hybridized carbons (Fsp3) is 0.321. The van der Waals surface area contributed by atoms with Crippen LogP contribution in [-0.2, 0) is 17.9 Å². The number of fused-ring (bicyclic) bond motifs is 3. The van der Waals surface area contributed by atoms with Crippen molar-refractivity contribution in [3.8, 4) is 0 Å². The minimum atomic E-state index is -0.319. The average Bonchev–Trinajstić information content (AvgIpc) is 3.30. The lowest BCUT2D eigenvalue weighted by Gasteiger charge is -2.19. The molecule has 0 saturated heterocycles. The van der Waals surface area contributed by atoms with Crippen LogP contribution in [0.3, 0.4) is 0 Å². The number of aliphatic hydroxyl groups excluding tert-OH is 1. The van der Waals surface area contributed by atoms with Crippen LogP contribution in [0.25, 0.3) is 21.0 Å². The predicted molar refractivity (Wildman–Crippen MR) is 147 cm³/mol. The van der Waals surface area contributed by atoms with Gasteiger partial charge in [0.15, 0.2) is 5.78 Å². The highest BCUT2D eigenvalue weighted by molar-refractivity contribution is 7.22. The van der Waals surface area contributed by atoms with Crippen LogP contribution in [0, 0.1) is 0 Å². The van der Waals surface area contributed by atoms with Gasteiger partial charge < -0.3 is 15.2 Å². The van der Waals surface area contributed by atoms with Gasteiger partial charge in [0.05, 0.1) is 40.2 Å². The molecule has 4 rings (SSSR count). The van der Waals surface area contributed by atoms with Crippen LogP contribution in [-0.4, -0.2) is 66.2 Å². The zero-order valence-corrected chi connectivity index (χ0v) is 21.8. The SMILES string of the molecule is CCN(CCO)CCNC(=O)c1sc2c(c1COC)c(=O)n(CC(=O)c1ccccc1)c1ccccc21. The van der Waals surface area contributed by atoms with Crippen molar-refractivity contribution >= 4 is 44.0 Å². The third kappa shape index (κ3) is 5.65. The number of aromatic nitrogens is 1. The lowest BCUT2D eigenvalue weighted by atomic mass is 10.1. The Bertz CT molecular complexity index is 1460. The van der Waals surface area contributed by atoms with Gasteiger partial charge in [-0.2, -0.15) is 0 Å². The maximum absolute atomic E-state index is 13.9. The predicted octanol–water partition coefficient (Wildman–Crippen LogP) is 3.29. The van der Waals surface area contributed by atoms with Gasteiger partial charge in [0.2, 0.25) is 0 Å². The van der Waals surface area contributed by atoms with Crippen molar-refractivity contribution in [2.75, 3.05) is 39.9 Å². The number of nitrogens with zero attached hydrogens (tertiary/aromatic N) is 2. The molecule has 0 spiro atoms. The number of hydrogen-bond donors (Lipinski definition) is 2. The first-order valence-electron chi connectivity index (χ1n) is 12.3. The van der Waals surface area contributed by atoms with Crippen molar-refractivity contribution in [2.45, 2.75) is 20.1 Å². The highest BCUT2D eigenvalue weighted by Gasteiger charge is 2.24. The van der Waals surface area contributed by atoms with Crippen LogP contribution >= 0.6 is 11.3 Å². The molecular weight excluding hydrogens is 490 g/mol. The average molecular weight is 522 g/mol. The van der Waals surface area contributed by atoms with Crippen LogP contribution in [0.15, 0.2) is 59.4 Å². The lowest BCUT2D eigenvalue weighted by molar-refractivity contribution is 0.0944. The number of Topliss-reactive ketones (excluding diaryl/α,β-unsaturated/α-hetero) is 1. The molecule has 8 nitrogen and oxygen atoms in total. The summed E-state index contributed by atoms with van der Waals surface area (Å²) in [5, 5.41) is 13.4. The first kappa shape index (κ1) is 26.7. The molecule has 0 saturated carbocycles. The normalized spacial score (nSPS) is 11.5. The van der Waals surface area contributed by atoms with Crippen molar-refractivity contribution in [1.82, 2.24) is 14.8 Å². The first-order valence-corrected chi connectivity index (χ1v) is 13.1. The first-order chi connectivity index (χ1) is 18.0. The Morgan fingerprint density at radius 3 is 2.51 bits per heavy atom. The monoisotopic (exact) mass is 521 g/mol. The summed E-state index contributed by atoms with van der Waals surface area (Å²) in [7, 11) is 1.53. The number of likely N-dealkylation sites (N-methyl/N-ethyl adjacent to an activating group) is 1. The summed E-state index contributed by atoms with van der Waals surface area (Å²) >= 11 is 1.27. The molecule has 9 heteroatoms. The molecule has 0 bridgehead atoms. The van der Waals surface area contributed by atoms with Crippen LogP contribution in [0.2, 0.25) is 0 Å². The van der Waals surface area contributed by atoms with Gasteiger partial charge in [0.25, 0.3) is 11.5 Å². The number of para-hydroxylation sites is 1. The molecule has 0 radical (unpaired) electrons. The van der Waals surface area contributed by atoms with E-state index in [0.29, 0.717) is 51.2 Å². The van der Waals surface area contributed by atoms with Gasteiger partial charge in [0, 0.05) is 43.3 Å². The standard InChI is InChI=1S/C28H31N3O5S/c1-3-30(15-16-32)14-13-29-27(34)26-21(18-36-2)24-25(37-26)20-11-7-8-12-22(20)31(28(24)35)17-23(33)19-9-5-4-6-10-19/h4-12,32H,3,13-18H2,1-2H3,(H,29,34). The van der Waals surface area contributed by atoms with Crippen molar-refractivity contribution in [3.63, 3.8) is 0 Å². The summed E-state index contributed by atoms with van der Waals surface area (Å²) in [5.41, 5.74) is 1.38. The number of pyridine rings is 1. The molecule has 2 N–H and O–H groups in total. The van der Waals surface area contributed by atoms with Crippen LogP contribution in [0.5, 0.6) is 0 Å². The fourth-order valence-corrected chi connectivity index (χ4v) is 5.73. The van der Waals surface area contributed by atoms with E-state index in [2.05, 4.69) is 5.32 Å². The Kier molecular flexibility index (Phi) is 8.83. The number of nitrogens with one attached hydrogen (secondary N) is 1. The number of ether oxygens (including phenoxy) is 1. The van der Waals surface area contributed by atoms with Crippen LogP contribution < -0.4 is 10.9 Å². The molecule has 2 aromatic heterocycles. The molecule has 194 valence electrons.